The quantitative estimate of drug-likeness (QED) is 0.773. The van der Waals surface area contributed by atoms with E-state index in [0.717, 1.165) is 17.7 Å². The van der Waals surface area contributed by atoms with Crippen molar-refractivity contribution >= 4 is 12.0 Å². The van der Waals surface area contributed by atoms with E-state index in [1.807, 2.05) is 24.3 Å². The first-order chi connectivity index (χ1) is 7.38. The van der Waals surface area contributed by atoms with Crippen LogP contribution in [0, 0.1) is 0 Å². The molecule has 3 heteroatoms. The Morgan fingerprint density at radius 3 is 2.60 bits per heavy atom. The number of carbonyl (C=O) groups is 1. The van der Waals surface area contributed by atoms with Gasteiger partial charge in [-0.15, -0.1) is 0 Å². The summed E-state index contributed by atoms with van der Waals surface area (Å²) >= 11 is 0. The van der Waals surface area contributed by atoms with E-state index in [1.54, 1.807) is 18.4 Å². The van der Waals surface area contributed by atoms with Gasteiger partial charge in [-0.25, -0.2) is 0 Å². The summed E-state index contributed by atoms with van der Waals surface area (Å²) in [5, 5.41) is 3.19. The van der Waals surface area contributed by atoms with Crippen molar-refractivity contribution in [2.75, 3.05) is 5.32 Å². The maximum Gasteiger partial charge on any atom is 0.150 e. The Bertz CT molecular complexity index is 417. The lowest BCUT2D eigenvalue weighted by atomic mass is 10.2. The van der Waals surface area contributed by atoms with Crippen molar-refractivity contribution in [1.29, 1.82) is 0 Å². The van der Waals surface area contributed by atoms with E-state index in [4.69, 9.17) is 4.42 Å². The van der Waals surface area contributed by atoms with Gasteiger partial charge in [0.2, 0.25) is 0 Å². The third-order valence-electron chi connectivity index (χ3n) is 2.09. The highest BCUT2D eigenvalue weighted by Gasteiger charge is 1.96. The van der Waals surface area contributed by atoms with Gasteiger partial charge in [-0.1, -0.05) is 0 Å². The van der Waals surface area contributed by atoms with E-state index in [2.05, 4.69) is 5.32 Å². The molecule has 0 fully saturated rings. The van der Waals surface area contributed by atoms with Crippen LogP contribution in [0.5, 0.6) is 0 Å². The average molecular weight is 201 g/mol. The molecule has 0 saturated heterocycles. The number of rotatable bonds is 4. The van der Waals surface area contributed by atoms with Gasteiger partial charge >= 0.3 is 0 Å². The van der Waals surface area contributed by atoms with Crippen molar-refractivity contribution in [1.82, 2.24) is 0 Å². The lowest BCUT2D eigenvalue weighted by Crippen LogP contribution is -1.97. The number of hydrogen-bond acceptors (Lipinski definition) is 3. The van der Waals surface area contributed by atoms with Crippen LogP contribution in [0.15, 0.2) is 47.1 Å². The van der Waals surface area contributed by atoms with Crippen LogP contribution in [0.1, 0.15) is 16.1 Å². The average Bonchev–Trinajstić information content (AvgIpc) is 2.80. The van der Waals surface area contributed by atoms with Gasteiger partial charge in [0.1, 0.15) is 12.0 Å². The largest absolute Gasteiger partial charge is 0.467 e. The molecule has 3 nitrogen and oxygen atoms in total. The molecule has 1 aromatic heterocycles. The van der Waals surface area contributed by atoms with Gasteiger partial charge in [0, 0.05) is 11.3 Å². The molecule has 0 amide bonds. The number of carbonyl (C=O) groups excluding carboxylic acids is 1. The molecule has 0 aliphatic heterocycles. The molecule has 2 rings (SSSR count). The number of aldehydes is 1. The summed E-state index contributed by atoms with van der Waals surface area (Å²) in [5.41, 5.74) is 1.65. The Morgan fingerprint density at radius 1 is 1.20 bits per heavy atom. The molecule has 1 aromatic carbocycles. The zero-order chi connectivity index (χ0) is 10.5. The van der Waals surface area contributed by atoms with E-state index in [0.29, 0.717) is 12.1 Å². The lowest BCUT2D eigenvalue weighted by molar-refractivity contribution is 0.112. The Morgan fingerprint density at radius 2 is 2.00 bits per heavy atom. The molecule has 0 saturated carbocycles. The van der Waals surface area contributed by atoms with Gasteiger partial charge in [0.25, 0.3) is 0 Å². The Labute approximate surface area is 87.7 Å². The van der Waals surface area contributed by atoms with Crippen molar-refractivity contribution < 1.29 is 9.21 Å². The van der Waals surface area contributed by atoms with Gasteiger partial charge in [-0.2, -0.15) is 0 Å². The molecule has 15 heavy (non-hydrogen) atoms. The number of hydrogen-bond donors (Lipinski definition) is 1. The van der Waals surface area contributed by atoms with Crippen LogP contribution >= 0.6 is 0 Å². The van der Waals surface area contributed by atoms with E-state index < -0.39 is 0 Å². The molecule has 0 atom stereocenters. The molecule has 0 unspecified atom stereocenters. The minimum atomic E-state index is 0.646. The van der Waals surface area contributed by atoms with Gasteiger partial charge < -0.3 is 9.73 Å². The fourth-order valence-electron chi connectivity index (χ4n) is 1.28. The third kappa shape index (κ3) is 2.47. The second-order valence-corrected chi connectivity index (χ2v) is 3.17. The fraction of sp³-hybridized carbons (Fsp3) is 0.0833. The molecule has 1 N–H and O–H groups in total. The van der Waals surface area contributed by atoms with Gasteiger partial charge in [0.15, 0.2) is 0 Å². The van der Waals surface area contributed by atoms with Crippen molar-refractivity contribution in [2.24, 2.45) is 0 Å². The molecule has 76 valence electrons. The molecule has 0 spiro atoms. The van der Waals surface area contributed by atoms with E-state index in [9.17, 15) is 4.79 Å². The predicted molar refractivity (Wildman–Crippen MR) is 57.9 cm³/mol. The first kappa shape index (κ1) is 9.52. The summed E-state index contributed by atoms with van der Waals surface area (Å²) in [5.74, 6) is 0.884. The molecular formula is C12H11NO2. The van der Waals surface area contributed by atoms with E-state index in [-0.39, 0.29) is 0 Å². The van der Waals surface area contributed by atoms with Crippen molar-refractivity contribution in [2.45, 2.75) is 6.54 Å². The molecule has 2 aromatic rings. The predicted octanol–water partition coefficient (Wildman–Crippen LogP) is 2.70. The van der Waals surface area contributed by atoms with E-state index in [1.165, 1.54) is 0 Å². The first-order valence-electron chi connectivity index (χ1n) is 4.70. The highest BCUT2D eigenvalue weighted by atomic mass is 16.3. The van der Waals surface area contributed by atoms with Crippen LogP contribution in [0.3, 0.4) is 0 Å². The molecular weight excluding hydrogens is 190 g/mol. The number of benzene rings is 1. The highest BCUT2D eigenvalue weighted by Crippen LogP contribution is 2.10. The Hall–Kier alpha value is -2.03. The highest BCUT2D eigenvalue weighted by molar-refractivity contribution is 5.75. The summed E-state index contributed by atoms with van der Waals surface area (Å²) in [6.45, 7) is 0.646. The molecule has 0 radical (unpaired) electrons. The van der Waals surface area contributed by atoms with Gasteiger partial charge in [0.05, 0.1) is 12.8 Å². The Balaban J connectivity index is 1.96. The minimum Gasteiger partial charge on any atom is -0.467 e. The summed E-state index contributed by atoms with van der Waals surface area (Å²) in [4.78, 5) is 10.4. The van der Waals surface area contributed by atoms with Crippen LogP contribution in [-0.4, -0.2) is 6.29 Å². The lowest BCUT2D eigenvalue weighted by Gasteiger charge is -2.03. The van der Waals surface area contributed by atoms with E-state index >= 15 is 0 Å². The third-order valence-corrected chi connectivity index (χ3v) is 2.09. The van der Waals surface area contributed by atoms with Crippen LogP contribution in [-0.2, 0) is 6.54 Å². The zero-order valence-electron chi connectivity index (χ0n) is 8.14. The summed E-state index contributed by atoms with van der Waals surface area (Å²) in [7, 11) is 0. The molecule has 1 heterocycles. The summed E-state index contributed by atoms with van der Waals surface area (Å²) < 4.78 is 5.18. The summed E-state index contributed by atoms with van der Waals surface area (Å²) in [6, 6.07) is 11.0. The standard InChI is InChI=1S/C12H11NO2/c14-9-10-3-5-11(6-4-10)13-8-12-2-1-7-15-12/h1-7,9,13H,8H2. The number of anilines is 1. The molecule has 0 aliphatic rings. The van der Waals surface area contributed by atoms with Crippen LogP contribution in [0.2, 0.25) is 0 Å². The molecule has 0 aliphatic carbocycles. The smallest absolute Gasteiger partial charge is 0.150 e. The van der Waals surface area contributed by atoms with Crippen LogP contribution < -0.4 is 5.32 Å². The monoisotopic (exact) mass is 201 g/mol. The van der Waals surface area contributed by atoms with Gasteiger partial charge in [-0.05, 0) is 36.4 Å². The van der Waals surface area contributed by atoms with Crippen LogP contribution in [0.4, 0.5) is 5.69 Å². The zero-order valence-corrected chi connectivity index (χ0v) is 8.14. The second-order valence-electron chi connectivity index (χ2n) is 3.17. The minimum absolute atomic E-state index is 0.646. The van der Waals surface area contributed by atoms with Crippen molar-refractivity contribution in [3.63, 3.8) is 0 Å². The second kappa shape index (κ2) is 4.46. The van der Waals surface area contributed by atoms with Crippen molar-refractivity contribution in [3.05, 3.63) is 54.0 Å². The van der Waals surface area contributed by atoms with Gasteiger partial charge in [-0.3, -0.25) is 4.79 Å². The number of nitrogens with one attached hydrogen (secondary N) is 1. The Kier molecular flexibility index (Phi) is 2.83. The summed E-state index contributed by atoms with van der Waals surface area (Å²) in [6.07, 6.45) is 2.48. The maximum atomic E-state index is 10.4. The normalized spacial score (nSPS) is 9.87. The molecule has 0 bridgehead atoms. The van der Waals surface area contributed by atoms with Crippen molar-refractivity contribution in [3.8, 4) is 0 Å². The SMILES string of the molecule is O=Cc1ccc(NCc2ccco2)cc1. The fourth-order valence-corrected chi connectivity index (χ4v) is 1.28. The first-order valence-corrected chi connectivity index (χ1v) is 4.70. The van der Waals surface area contributed by atoms with Crippen LogP contribution in [0.25, 0.3) is 0 Å². The maximum absolute atomic E-state index is 10.4. The number of furan rings is 1. The topological polar surface area (TPSA) is 42.2 Å².